The zero-order valence-corrected chi connectivity index (χ0v) is 20.3. The van der Waals surface area contributed by atoms with Gasteiger partial charge in [-0.25, -0.2) is 18.7 Å². The van der Waals surface area contributed by atoms with E-state index in [0.717, 1.165) is 10.8 Å². The van der Waals surface area contributed by atoms with Crippen LogP contribution in [0.15, 0.2) is 17.1 Å². The van der Waals surface area contributed by atoms with Gasteiger partial charge in [-0.15, -0.1) is 0 Å². The molecule has 0 aromatic carbocycles. The van der Waals surface area contributed by atoms with E-state index >= 15 is 0 Å². The van der Waals surface area contributed by atoms with Crippen molar-refractivity contribution in [2.24, 2.45) is 5.73 Å². The summed E-state index contributed by atoms with van der Waals surface area (Å²) >= 11 is 0. The Bertz CT molecular complexity index is 1110. The summed E-state index contributed by atoms with van der Waals surface area (Å²) in [6, 6.07) is -0.295. The first-order chi connectivity index (χ1) is 17.6. The lowest BCUT2D eigenvalue weighted by molar-refractivity contribution is -0.286. The minimum Gasteiger partial charge on any atom is -0.477 e. The maximum absolute atomic E-state index is 12.7. The third-order valence-electron chi connectivity index (χ3n) is 6.00. The van der Waals surface area contributed by atoms with Gasteiger partial charge in [0.15, 0.2) is 6.23 Å². The van der Waals surface area contributed by atoms with Crippen LogP contribution in [-0.2, 0) is 27.9 Å². The maximum Gasteiger partial charge on any atom is 0.475 e. The lowest BCUT2D eigenvalue weighted by Gasteiger charge is -2.45. The molecule has 0 bridgehead atoms. The van der Waals surface area contributed by atoms with Gasteiger partial charge in [-0.3, -0.25) is 9.09 Å². The van der Waals surface area contributed by atoms with Gasteiger partial charge in [0.1, 0.15) is 42.4 Å². The minimum atomic E-state index is -5.44. The van der Waals surface area contributed by atoms with Gasteiger partial charge in [0.2, 0.25) is 0 Å². The van der Waals surface area contributed by atoms with Crippen LogP contribution in [0.4, 0.5) is 5.82 Å². The van der Waals surface area contributed by atoms with Crippen molar-refractivity contribution in [3.05, 3.63) is 22.7 Å². The number of aliphatic carboxylic acids is 1. The van der Waals surface area contributed by atoms with Crippen molar-refractivity contribution in [1.29, 1.82) is 0 Å². The molecule has 38 heavy (non-hydrogen) atoms. The number of phosphoric ester groups is 1. The van der Waals surface area contributed by atoms with Crippen molar-refractivity contribution >= 4 is 19.6 Å². The second-order valence-electron chi connectivity index (χ2n) is 8.67. The van der Waals surface area contributed by atoms with Crippen molar-refractivity contribution in [3.63, 3.8) is 0 Å². The first-order valence-electron chi connectivity index (χ1n) is 11.0. The van der Waals surface area contributed by atoms with Crippen LogP contribution in [0, 0.1) is 0 Å². The number of anilines is 1. The van der Waals surface area contributed by atoms with Crippen molar-refractivity contribution in [3.8, 4) is 0 Å². The molecule has 216 valence electrons. The number of hydrogen-bond donors (Lipinski definition) is 10. The predicted molar refractivity (Wildman–Crippen MR) is 119 cm³/mol. The Hall–Kier alpha value is -2.10. The summed E-state index contributed by atoms with van der Waals surface area (Å²) in [5.74, 6) is -5.29. The van der Waals surface area contributed by atoms with Gasteiger partial charge in [-0.2, -0.15) is 4.98 Å². The summed E-state index contributed by atoms with van der Waals surface area (Å²) in [4.78, 5) is 37.7. The first kappa shape index (κ1) is 30.4. The Balaban J connectivity index is 1.74. The van der Waals surface area contributed by atoms with E-state index in [9.17, 15) is 49.7 Å². The summed E-state index contributed by atoms with van der Waals surface area (Å²) in [5.41, 5.74) is 10.2. The van der Waals surface area contributed by atoms with Gasteiger partial charge in [0.05, 0.1) is 25.4 Å². The molecule has 0 amide bonds. The molecule has 1 aromatic rings. The van der Waals surface area contributed by atoms with Crippen molar-refractivity contribution in [2.45, 2.75) is 67.2 Å². The van der Waals surface area contributed by atoms with Gasteiger partial charge in [-0.05, 0) is 6.07 Å². The summed E-state index contributed by atoms with van der Waals surface area (Å²) in [7, 11) is -5.44. The van der Waals surface area contributed by atoms with Gasteiger partial charge in [0.25, 0.3) is 5.79 Å². The zero-order chi connectivity index (χ0) is 28.6. The number of aliphatic hydroxyl groups is 6. The molecule has 2 saturated heterocycles. The lowest BCUT2D eigenvalue weighted by atomic mass is 9.89. The Morgan fingerprint density at radius 1 is 1.32 bits per heavy atom. The van der Waals surface area contributed by atoms with Crippen LogP contribution in [0.5, 0.6) is 0 Å². The molecule has 19 nitrogen and oxygen atoms in total. The van der Waals surface area contributed by atoms with E-state index in [1.54, 1.807) is 0 Å². The monoisotopic (exact) mass is 572 g/mol. The Labute approximate surface area is 213 Å². The fraction of sp³-hybridized carbons (Fsp3) is 0.722. The summed E-state index contributed by atoms with van der Waals surface area (Å²) in [6.07, 6.45) is -14.0. The number of carboxylic acids is 1. The van der Waals surface area contributed by atoms with Gasteiger partial charge in [-0.1, -0.05) is 0 Å². The predicted octanol–water partition coefficient (Wildman–Crippen LogP) is -5.45. The minimum absolute atomic E-state index is 0.124. The van der Waals surface area contributed by atoms with Gasteiger partial charge in [0, 0.05) is 12.6 Å². The van der Waals surface area contributed by atoms with Crippen molar-refractivity contribution in [1.82, 2.24) is 9.55 Å². The standard InChI is InChI=1S/C18H29N4O15P/c19-9-1-2-22(17(31)21-9)15-13(28)12(27)8(35-15)5-34-38(32,33)37-18(16(29)30)3-6(24)10(20)14(36-18)11(26)7(25)4-23/h1-2,6-8,10-15,23-28H,3-5,20H2,(H,29,30)(H,32,33)(H2,19,21,31)/t6?,7-,8?,10-,11-,12-,13-,14?,15-,18-/m1/s1. The molecule has 3 heterocycles. The first-order valence-corrected chi connectivity index (χ1v) is 12.5. The van der Waals surface area contributed by atoms with Crippen LogP contribution >= 0.6 is 7.82 Å². The molecule has 20 heteroatoms. The third-order valence-corrected chi connectivity index (χ3v) is 7.00. The number of nitrogens with two attached hydrogens (primary N) is 2. The molecule has 4 unspecified atom stereocenters. The van der Waals surface area contributed by atoms with Gasteiger partial charge >= 0.3 is 19.5 Å². The van der Waals surface area contributed by atoms with E-state index in [0.29, 0.717) is 0 Å². The van der Waals surface area contributed by atoms with Crippen LogP contribution in [0.1, 0.15) is 12.6 Å². The van der Waals surface area contributed by atoms with E-state index < -0.39 is 99.9 Å². The zero-order valence-electron chi connectivity index (χ0n) is 19.4. The topological polar surface area (TPSA) is 320 Å². The van der Waals surface area contributed by atoms with Crippen LogP contribution in [0.2, 0.25) is 0 Å². The van der Waals surface area contributed by atoms with Crippen LogP contribution in [0.25, 0.3) is 0 Å². The summed E-state index contributed by atoms with van der Waals surface area (Å²) < 4.78 is 33.4. The maximum atomic E-state index is 12.7. The number of aliphatic hydroxyl groups excluding tert-OH is 6. The number of carboxylic acid groups (broad SMARTS) is 1. The molecule has 2 aliphatic rings. The lowest BCUT2D eigenvalue weighted by Crippen LogP contribution is -2.66. The number of rotatable bonds is 10. The van der Waals surface area contributed by atoms with E-state index in [1.165, 1.54) is 6.07 Å². The van der Waals surface area contributed by atoms with Crippen LogP contribution in [0.3, 0.4) is 0 Å². The second-order valence-corrected chi connectivity index (χ2v) is 10.1. The molecule has 0 spiro atoms. The highest BCUT2D eigenvalue weighted by Gasteiger charge is 2.58. The third kappa shape index (κ3) is 6.20. The van der Waals surface area contributed by atoms with Crippen LogP contribution in [-0.4, -0.2) is 124 Å². The Kier molecular flexibility index (Phi) is 9.26. The number of hydrogen-bond acceptors (Lipinski definition) is 16. The fourth-order valence-corrected chi connectivity index (χ4v) is 4.89. The molecule has 11 atom stereocenters. The average Bonchev–Trinajstić information content (AvgIpc) is 3.12. The van der Waals surface area contributed by atoms with Gasteiger partial charge < -0.3 is 61.6 Å². The summed E-state index contributed by atoms with van der Waals surface area (Å²) in [5, 5.41) is 69.3. The number of carbonyl (C=O) groups is 1. The van der Waals surface area contributed by atoms with E-state index in [2.05, 4.69) is 4.98 Å². The molecule has 0 saturated carbocycles. The Morgan fingerprint density at radius 2 is 1.97 bits per heavy atom. The number of nitrogens with zero attached hydrogens (tertiary/aromatic N) is 2. The number of phosphoric acid groups is 1. The SMILES string of the molecule is Nc1ccn([C@@H]2OC(COP(=O)(O)O[C@@]3(C(=O)O)CC(O)[C@@H](N)C([C@H](O)[C@H](O)CO)O3)[C@@H](O)[C@H]2O)c(=O)n1. The molecule has 1 aromatic heterocycles. The molecule has 2 fully saturated rings. The highest BCUT2D eigenvalue weighted by Crippen LogP contribution is 2.51. The quantitative estimate of drug-likeness (QED) is 0.117. The molecule has 12 N–H and O–H groups in total. The number of ether oxygens (including phenoxy) is 2. The molecular formula is C18H29N4O15P. The molecule has 2 aliphatic heterocycles. The van der Waals surface area contributed by atoms with Crippen LogP contribution < -0.4 is 17.2 Å². The van der Waals surface area contributed by atoms with Crippen molar-refractivity contribution in [2.75, 3.05) is 18.9 Å². The largest absolute Gasteiger partial charge is 0.477 e. The number of aromatic nitrogens is 2. The summed E-state index contributed by atoms with van der Waals surface area (Å²) in [6.45, 7) is -1.98. The van der Waals surface area contributed by atoms with Crippen molar-refractivity contribution < 1.29 is 68.5 Å². The number of nitrogen functional groups attached to an aromatic ring is 1. The molecular weight excluding hydrogens is 543 g/mol. The highest BCUT2D eigenvalue weighted by atomic mass is 31.2. The molecule has 0 aliphatic carbocycles. The van der Waals surface area contributed by atoms with E-state index in [1.807, 2.05) is 0 Å². The second kappa shape index (κ2) is 11.6. The molecule has 0 radical (unpaired) electrons. The smallest absolute Gasteiger partial charge is 0.475 e. The fourth-order valence-electron chi connectivity index (χ4n) is 3.93. The Morgan fingerprint density at radius 3 is 2.55 bits per heavy atom. The average molecular weight is 572 g/mol. The molecule has 3 rings (SSSR count). The highest BCUT2D eigenvalue weighted by molar-refractivity contribution is 7.47. The normalized spacial score (nSPS) is 36.9. The van der Waals surface area contributed by atoms with E-state index in [4.69, 9.17) is 35.1 Å². The van der Waals surface area contributed by atoms with E-state index in [-0.39, 0.29) is 5.82 Å².